The summed E-state index contributed by atoms with van der Waals surface area (Å²) in [6.45, 7) is 1.86. The van der Waals surface area contributed by atoms with E-state index in [0.717, 1.165) is 12.8 Å². The first-order valence-electron chi connectivity index (χ1n) is 15.5. The zero-order valence-electron chi connectivity index (χ0n) is 26.2. The van der Waals surface area contributed by atoms with Crippen LogP contribution in [0, 0.1) is 34.5 Å². The Morgan fingerprint density at radius 3 is 2.32 bits per heavy atom. The number of ether oxygens (including phenoxy) is 7. The summed E-state index contributed by atoms with van der Waals surface area (Å²) in [4.78, 5) is 32.1. The van der Waals surface area contributed by atoms with Crippen LogP contribution in [0.25, 0.3) is 0 Å². The van der Waals surface area contributed by atoms with Crippen molar-refractivity contribution in [3.05, 3.63) is 29.8 Å². The van der Waals surface area contributed by atoms with Gasteiger partial charge in [-0.25, -0.2) is 4.79 Å². The van der Waals surface area contributed by atoms with Crippen LogP contribution < -0.4 is 4.74 Å². The van der Waals surface area contributed by atoms with Gasteiger partial charge in [-0.15, -0.1) is 0 Å². The maximum absolute atomic E-state index is 13.8. The van der Waals surface area contributed by atoms with Crippen LogP contribution in [0.3, 0.4) is 0 Å². The molecule has 5 fully saturated rings. The van der Waals surface area contributed by atoms with Crippen molar-refractivity contribution in [3.8, 4) is 5.75 Å². The minimum Gasteiger partial charge on any atom is -0.497 e. The summed E-state index contributed by atoms with van der Waals surface area (Å²) < 4.78 is 42.8. The molecule has 1 aliphatic heterocycles. The van der Waals surface area contributed by atoms with Crippen molar-refractivity contribution >= 4 is 18.2 Å². The molecule has 0 radical (unpaired) electrons. The molecule has 0 unspecified atom stereocenters. The number of carbonyl (C=O) groups is 2. The van der Waals surface area contributed by atoms with Gasteiger partial charge < -0.3 is 38.3 Å². The largest absolute Gasteiger partial charge is 0.497 e. The highest BCUT2D eigenvalue weighted by Gasteiger charge is 2.89. The van der Waals surface area contributed by atoms with Crippen molar-refractivity contribution in [1.29, 1.82) is 0 Å². The zero-order valence-corrected chi connectivity index (χ0v) is 26.2. The van der Waals surface area contributed by atoms with E-state index in [2.05, 4.69) is 6.21 Å². The molecule has 11 heteroatoms. The summed E-state index contributed by atoms with van der Waals surface area (Å²) in [5, 5.41) is 12.7. The maximum atomic E-state index is 13.8. The molecule has 1 aromatic rings. The van der Waals surface area contributed by atoms with E-state index in [-0.39, 0.29) is 42.9 Å². The molecule has 5 saturated carbocycles. The lowest BCUT2D eigenvalue weighted by atomic mass is 9.44. The summed E-state index contributed by atoms with van der Waals surface area (Å²) in [5.41, 5.74) is -3.41. The monoisotopic (exact) mass is 613 g/mol. The highest BCUT2D eigenvalue weighted by Crippen LogP contribution is 2.79. The van der Waals surface area contributed by atoms with Gasteiger partial charge in [0.25, 0.3) is 0 Å². The first-order valence-corrected chi connectivity index (χ1v) is 15.5. The number of aliphatic hydroxyl groups is 1. The summed E-state index contributed by atoms with van der Waals surface area (Å²) in [6.07, 6.45) is 1.78. The smallest absolute Gasteiger partial charge is 0.338 e. The molecule has 0 amide bonds. The fourth-order valence-electron chi connectivity index (χ4n) is 11.4. The lowest BCUT2D eigenvalue weighted by Crippen LogP contribution is -2.73. The molecule has 0 saturated heterocycles. The number of aliphatic imine (C=N–C) groups is 1. The number of hydrogen-bond acceptors (Lipinski definition) is 11. The van der Waals surface area contributed by atoms with Gasteiger partial charge in [0.1, 0.15) is 23.1 Å². The molecule has 5 aliphatic carbocycles. The third-order valence-electron chi connectivity index (χ3n) is 12.4. The predicted octanol–water partition coefficient (Wildman–Crippen LogP) is 2.46. The molecule has 13 atom stereocenters. The third kappa shape index (κ3) is 3.53. The molecule has 1 spiro atoms. The van der Waals surface area contributed by atoms with Gasteiger partial charge in [0.05, 0.1) is 43.6 Å². The third-order valence-corrected chi connectivity index (χ3v) is 12.4. The van der Waals surface area contributed by atoms with Gasteiger partial charge in [-0.1, -0.05) is 0 Å². The molecule has 11 nitrogen and oxygen atoms in total. The molecule has 1 heterocycles. The van der Waals surface area contributed by atoms with Crippen molar-refractivity contribution in [2.75, 3.05) is 42.2 Å². The van der Waals surface area contributed by atoms with Gasteiger partial charge in [-0.05, 0) is 49.4 Å². The number of benzene rings is 1. The predicted molar refractivity (Wildman–Crippen MR) is 155 cm³/mol. The summed E-state index contributed by atoms with van der Waals surface area (Å²) in [5.74, 6) is -1.74. The Morgan fingerprint density at radius 1 is 0.977 bits per heavy atom. The van der Waals surface area contributed by atoms with Gasteiger partial charge in [-0.2, -0.15) is 0 Å². The standard InChI is InChI=1S/C33H43NO10/c1-17(35)44-32-14-22(41-5)31(37)13-20(23(32)28(31)43-29(36)18-7-9-19(39-3)10-8-18)33-21(40-4)11-12-30(16-38-2)15-34-27(33)24(32)25(42-6)26(30)33/h7-10,15,20-28,37H,11-14,16H2,1-6H3/t20-,21+,22+,23-,24+,25+,26-,27-,28-,30+,31+,32-,33+/m1/s1. The molecule has 240 valence electrons. The number of esters is 2. The van der Waals surface area contributed by atoms with Gasteiger partial charge >= 0.3 is 11.9 Å². The van der Waals surface area contributed by atoms with E-state index in [0.29, 0.717) is 17.9 Å². The Hall–Kier alpha value is -2.57. The topological polar surface area (TPSA) is 131 Å². The number of carbonyl (C=O) groups excluding carboxylic acids is 2. The number of rotatable bonds is 9. The molecule has 1 N–H and O–H groups in total. The van der Waals surface area contributed by atoms with Crippen LogP contribution in [0.4, 0.5) is 0 Å². The minimum absolute atomic E-state index is 0.0875. The Morgan fingerprint density at radius 2 is 1.70 bits per heavy atom. The Labute approximate surface area is 257 Å². The quantitative estimate of drug-likeness (QED) is 0.415. The average molecular weight is 614 g/mol. The van der Waals surface area contributed by atoms with Crippen LogP contribution >= 0.6 is 0 Å². The molecule has 7 rings (SSSR count). The summed E-state index contributed by atoms with van der Waals surface area (Å²) >= 11 is 0. The van der Waals surface area contributed by atoms with Crippen LogP contribution in [0.5, 0.6) is 5.75 Å². The molecule has 44 heavy (non-hydrogen) atoms. The highest BCUT2D eigenvalue weighted by molar-refractivity contribution is 5.89. The van der Waals surface area contributed by atoms with Crippen molar-refractivity contribution in [3.63, 3.8) is 0 Å². The van der Waals surface area contributed by atoms with E-state index in [1.54, 1.807) is 52.7 Å². The molecule has 1 aromatic carbocycles. The molecule has 6 aliphatic rings. The van der Waals surface area contributed by atoms with Crippen LogP contribution in [0.2, 0.25) is 0 Å². The second-order valence-corrected chi connectivity index (χ2v) is 13.7. The zero-order chi connectivity index (χ0) is 31.2. The maximum Gasteiger partial charge on any atom is 0.338 e. The molecular weight excluding hydrogens is 570 g/mol. The molecule has 0 aromatic heterocycles. The van der Waals surface area contributed by atoms with E-state index in [1.165, 1.54) is 14.0 Å². The highest BCUT2D eigenvalue weighted by atomic mass is 16.6. The Kier molecular flexibility index (Phi) is 6.99. The lowest BCUT2D eigenvalue weighted by molar-refractivity contribution is -0.264. The van der Waals surface area contributed by atoms with Gasteiger partial charge in [-0.3, -0.25) is 9.79 Å². The van der Waals surface area contributed by atoms with Crippen LogP contribution in [0.15, 0.2) is 29.3 Å². The SMILES string of the molecule is COC[C@]12C=N[C@@H]3[C@@H]4[C@H](OC)[C@H]1[C@@]3([C@@H](OC)CC2)[C@@H]1C[C@]2(O)[C@@H](OC)C[C@@]4(OC(C)=O)[C@H]1[C@H]2OC(=O)c1ccc(OC)cc1. The van der Waals surface area contributed by atoms with Gasteiger partial charge in [0, 0.05) is 76.6 Å². The molecule has 7 bridgehead atoms. The fourth-order valence-corrected chi connectivity index (χ4v) is 11.4. The first kappa shape index (κ1) is 30.1. The van der Waals surface area contributed by atoms with E-state index in [1.807, 2.05) is 0 Å². The molecular formula is C33H43NO10. The Bertz CT molecular complexity index is 1350. The van der Waals surface area contributed by atoms with Crippen molar-refractivity contribution < 1.29 is 47.9 Å². The van der Waals surface area contributed by atoms with Crippen LogP contribution in [-0.2, 0) is 33.2 Å². The second kappa shape index (κ2) is 10.2. The first-order chi connectivity index (χ1) is 21.1. The Balaban J connectivity index is 1.43. The lowest BCUT2D eigenvalue weighted by Gasteiger charge is -2.64. The van der Waals surface area contributed by atoms with Crippen LogP contribution in [0.1, 0.15) is 43.0 Å². The summed E-state index contributed by atoms with van der Waals surface area (Å²) in [7, 11) is 8.24. The van der Waals surface area contributed by atoms with Crippen LogP contribution in [-0.4, -0.2) is 107 Å². The number of fused-ring (bicyclic) bond motifs is 2. The average Bonchev–Trinajstić information content (AvgIpc) is 3.36. The van der Waals surface area contributed by atoms with Crippen molar-refractivity contribution in [1.82, 2.24) is 0 Å². The summed E-state index contributed by atoms with van der Waals surface area (Å²) in [6, 6.07) is 6.35. The number of hydrogen-bond donors (Lipinski definition) is 1. The second-order valence-electron chi connectivity index (χ2n) is 13.7. The van der Waals surface area contributed by atoms with E-state index >= 15 is 0 Å². The van der Waals surface area contributed by atoms with E-state index < -0.39 is 58.0 Å². The van der Waals surface area contributed by atoms with Crippen molar-refractivity contribution in [2.24, 2.45) is 39.5 Å². The fraction of sp³-hybridized carbons (Fsp3) is 0.727. The van der Waals surface area contributed by atoms with Gasteiger partial charge in [0.2, 0.25) is 0 Å². The van der Waals surface area contributed by atoms with E-state index in [4.69, 9.17) is 38.2 Å². The number of nitrogens with zero attached hydrogens (tertiary/aromatic N) is 1. The van der Waals surface area contributed by atoms with E-state index in [9.17, 15) is 14.7 Å². The normalized spacial score (nSPS) is 47.3. The number of methoxy groups -OCH3 is 5. The minimum atomic E-state index is -1.53. The van der Waals surface area contributed by atoms with Gasteiger partial charge in [0.15, 0.2) is 0 Å². The van der Waals surface area contributed by atoms with Crippen molar-refractivity contribution in [2.45, 2.75) is 74.3 Å².